The maximum Gasteiger partial charge on any atom is 0.140 e. The summed E-state index contributed by atoms with van der Waals surface area (Å²) in [5.41, 5.74) is 0.0821. The molecule has 2 saturated carbocycles. The van der Waals surface area contributed by atoms with Crippen LogP contribution in [0.3, 0.4) is 0 Å². The number of halogens is 3. The third-order valence-electron chi connectivity index (χ3n) is 6.61. The molecule has 0 spiro atoms. The molecule has 4 heteroatoms. The fourth-order valence-electron chi connectivity index (χ4n) is 5.28. The van der Waals surface area contributed by atoms with Crippen LogP contribution in [0.2, 0.25) is 0 Å². The summed E-state index contributed by atoms with van der Waals surface area (Å²) < 4.78 is 49.4. The van der Waals surface area contributed by atoms with E-state index in [1.165, 1.54) is 32.1 Å². The lowest BCUT2D eigenvalue weighted by atomic mass is 9.64. The zero-order chi connectivity index (χ0) is 18.4. The highest BCUT2D eigenvalue weighted by Crippen LogP contribution is 2.49. The Bertz CT molecular complexity index is 832. The van der Waals surface area contributed by atoms with Gasteiger partial charge < -0.3 is 4.74 Å². The second kappa shape index (κ2) is 6.79. The summed E-state index contributed by atoms with van der Waals surface area (Å²) in [7, 11) is 1.41. The molecular formula is C22H25F3O. The molecular weight excluding hydrogens is 337 g/mol. The molecule has 0 amide bonds. The zero-order valence-corrected chi connectivity index (χ0v) is 15.3. The van der Waals surface area contributed by atoms with Crippen molar-refractivity contribution in [3.63, 3.8) is 0 Å². The summed E-state index contributed by atoms with van der Waals surface area (Å²) in [5, 5.41) is 0.0855. The first-order valence-electron chi connectivity index (χ1n) is 9.63. The van der Waals surface area contributed by atoms with E-state index < -0.39 is 17.5 Å². The van der Waals surface area contributed by atoms with E-state index in [0.29, 0.717) is 11.8 Å². The predicted octanol–water partition coefficient (Wildman–Crippen LogP) is 6.59. The van der Waals surface area contributed by atoms with Crippen LogP contribution in [-0.2, 0) is 0 Å². The molecule has 2 unspecified atom stereocenters. The quantitative estimate of drug-likeness (QED) is 0.586. The number of benzene rings is 2. The highest BCUT2D eigenvalue weighted by molar-refractivity contribution is 5.86. The Morgan fingerprint density at radius 3 is 2.38 bits per heavy atom. The van der Waals surface area contributed by atoms with Gasteiger partial charge in [0.1, 0.15) is 23.2 Å². The minimum absolute atomic E-state index is 0.0821. The van der Waals surface area contributed by atoms with Crippen molar-refractivity contribution in [3.05, 3.63) is 41.2 Å². The second-order valence-electron chi connectivity index (χ2n) is 8.24. The van der Waals surface area contributed by atoms with Crippen molar-refractivity contribution >= 4 is 10.8 Å². The average Bonchev–Trinajstić information content (AvgIpc) is 2.60. The highest BCUT2D eigenvalue weighted by atomic mass is 19.1. The Hall–Kier alpha value is -1.71. The number of hydrogen-bond acceptors (Lipinski definition) is 1. The van der Waals surface area contributed by atoms with E-state index in [1.807, 2.05) is 0 Å². The van der Waals surface area contributed by atoms with Crippen LogP contribution in [0.5, 0.6) is 5.75 Å². The average molecular weight is 362 g/mol. The molecule has 2 aromatic rings. The lowest BCUT2D eigenvalue weighted by molar-refractivity contribution is 0.123. The van der Waals surface area contributed by atoms with Crippen LogP contribution in [0, 0.1) is 35.2 Å². The third-order valence-corrected chi connectivity index (χ3v) is 6.61. The van der Waals surface area contributed by atoms with Gasteiger partial charge in [0, 0.05) is 11.6 Å². The Morgan fingerprint density at radius 1 is 0.885 bits per heavy atom. The van der Waals surface area contributed by atoms with Crippen molar-refractivity contribution in [1.82, 2.24) is 0 Å². The Morgan fingerprint density at radius 2 is 1.62 bits per heavy atom. The van der Waals surface area contributed by atoms with Crippen molar-refractivity contribution in [2.75, 3.05) is 7.11 Å². The first kappa shape index (κ1) is 17.7. The maximum atomic E-state index is 15.2. The number of ether oxygens (including phenoxy) is 1. The molecule has 0 aromatic heterocycles. The van der Waals surface area contributed by atoms with Gasteiger partial charge in [0.2, 0.25) is 0 Å². The predicted molar refractivity (Wildman–Crippen MR) is 97.0 cm³/mol. The second-order valence-corrected chi connectivity index (χ2v) is 8.24. The highest BCUT2D eigenvalue weighted by Gasteiger charge is 2.37. The molecule has 0 bridgehead atoms. The monoisotopic (exact) mass is 362 g/mol. The molecule has 0 saturated heterocycles. The largest absolute Gasteiger partial charge is 0.497 e. The van der Waals surface area contributed by atoms with E-state index >= 15 is 4.39 Å². The number of methoxy groups -OCH3 is 1. The number of fused-ring (bicyclic) bond motifs is 2. The molecule has 2 aromatic carbocycles. The Kier molecular flexibility index (Phi) is 4.62. The molecule has 0 aliphatic heterocycles. The van der Waals surface area contributed by atoms with Crippen LogP contribution >= 0.6 is 0 Å². The molecule has 1 nitrogen and oxygen atoms in total. The van der Waals surface area contributed by atoms with Crippen LogP contribution in [0.25, 0.3) is 10.8 Å². The van der Waals surface area contributed by atoms with E-state index in [1.54, 1.807) is 0 Å². The van der Waals surface area contributed by atoms with Crippen molar-refractivity contribution in [1.29, 1.82) is 0 Å². The summed E-state index contributed by atoms with van der Waals surface area (Å²) in [4.78, 5) is 0. The van der Waals surface area contributed by atoms with E-state index in [9.17, 15) is 8.78 Å². The van der Waals surface area contributed by atoms with Gasteiger partial charge in [-0.05, 0) is 73.3 Å². The van der Waals surface area contributed by atoms with Gasteiger partial charge in [-0.1, -0.05) is 13.3 Å². The normalized spacial score (nSPS) is 28.8. The van der Waals surface area contributed by atoms with Gasteiger partial charge >= 0.3 is 0 Å². The van der Waals surface area contributed by atoms with E-state index in [2.05, 4.69) is 6.92 Å². The van der Waals surface area contributed by atoms with Gasteiger partial charge in [0.25, 0.3) is 0 Å². The molecule has 0 heterocycles. The van der Waals surface area contributed by atoms with Gasteiger partial charge in [-0.3, -0.25) is 0 Å². The number of rotatable bonds is 2. The summed E-state index contributed by atoms with van der Waals surface area (Å²) in [6, 6.07) is 3.90. The van der Waals surface area contributed by atoms with Crippen LogP contribution < -0.4 is 4.74 Å². The van der Waals surface area contributed by atoms with Gasteiger partial charge in [0.05, 0.1) is 12.5 Å². The fraction of sp³-hybridized carbons (Fsp3) is 0.545. The molecule has 0 N–H and O–H groups in total. The van der Waals surface area contributed by atoms with Gasteiger partial charge in [-0.15, -0.1) is 0 Å². The van der Waals surface area contributed by atoms with Gasteiger partial charge in [0.15, 0.2) is 0 Å². The molecule has 2 fully saturated rings. The lowest BCUT2D eigenvalue weighted by Crippen LogP contribution is -2.30. The fourth-order valence-corrected chi connectivity index (χ4v) is 5.28. The number of hydrogen-bond donors (Lipinski definition) is 0. The van der Waals surface area contributed by atoms with Crippen LogP contribution in [-0.4, -0.2) is 7.11 Å². The van der Waals surface area contributed by atoms with E-state index in [-0.39, 0.29) is 28.0 Å². The molecule has 2 aliphatic carbocycles. The zero-order valence-electron chi connectivity index (χ0n) is 15.3. The summed E-state index contributed by atoms with van der Waals surface area (Å²) in [6.45, 7) is 2.29. The molecule has 0 radical (unpaired) electrons. The molecule has 4 rings (SSSR count). The summed E-state index contributed by atoms with van der Waals surface area (Å²) in [5.74, 6) is 0.101. The Labute approximate surface area is 152 Å². The van der Waals surface area contributed by atoms with Crippen molar-refractivity contribution in [3.8, 4) is 5.75 Å². The minimum Gasteiger partial charge on any atom is -0.497 e. The molecule has 4 atom stereocenters. The first-order chi connectivity index (χ1) is 12.5. The lowest BCUT2D eigenvalue weighted by Gasteiger charge is -2.41. The Balaban J connectivity index is 1.72. The molecule has 2 aliphatic rings. The summed E-state index contributed by atoms with van der Waals surface area (Å²) >= 11 is 0. The molecule has 140 valence electrons. The standard InChI is InChI=1S/C22H25F3O/c1-12-3-4-14-8-15(6-5-13(14)7-12)20-18(23)10-16-9-17(26-2)11-19(24)21(16)22(20)25/h9-15H,3-8H2,1-2H3/t12?,13-,14?,15-/m1/s1. The van der Waals surface area contributed by atoms with Gasteiger partial charge in [-0.2, -0.15) is 0 Å². The van der Waals surface area contributed by atoms with Crippen LogP contribution in [0.4, 0.5) is 13.2 Å². The van der Waals surface area contributed by atoms with Crippen molar-refractivity contribution in [2.45, 2.75) is 51.4 Å². The van der Waals surface area contributed by atoms with Crippen molar-refractivity contribution < 1.29 is 17.9 Å². The van der Waals surface area contributed by atoms with E-state index in [0.717, 1.165) is 37.7 Å². The third kappa shape index (κ3) is 2.97. The SMILES string of the molecule is COc1cc(F)c2c(F)c([C@@H]3CC[C@@H]4CC(C)CCC4C3)c(F)cc2c1. The van der Waals surface area contributed by atoms with E-state index in [4.69, 9.17) is 4.74 Å². The maximum absolute atomic E-state index is 15.2. The van der Waals surface area contributed by atoms with Crippen LogP contribution in [0.15, 0.2) is 18.2 Å². The van der Waals surface area contributed by atoms with Crippen LogP contribution in [0.1, 0.15) is 56.9 Å². The summed E-state index contributed by atoms with van der Waals surface area (Å²) in [6.07, 6.45) is 6.19. The van der Waals surface area contributed by atoms with Crippen molar-refractivity contribution in [2.24, 2.45) is 17.8 Å². The first-order valence-corrected chi connectivity index (χ1v) is 9.63. The smallest absolute Gasteiger partial charge is 0.140 e. The molecule has 26 heavy (non-hydrogen) atoms. The topological polar surface area (TPSA) is 9.23 Å². The minimum atomic E-state index is -0.729. The van der Waals surface area contributed by atoms with Gasteiger partial charge in [-0.25, -0.2) is 13.2 Å².